The third kappa shape index (κ3) is 4.18. The SMILES string of the molecule is CN(C)C(=N[N+](C)(C)C)N(C)C. The molecule has 0 spiro atoms. The molecule has 0 radical (unpaired) electrons. The standard InChI is InChI=1S/C8H21N4/c1-10(2)8(11(3)4)9-12(5,6)7/h1-7H3/q+1. The van der Waals surface area contributed by atoms with E-state index in [1.165, 1.54) is 0 Å². The third-order valence-corrected chi connectivity index (χ3v) is 1.19. The summed E-state index contributed by atoms with van der Waals surface area (Å²) in [5, 5.41) is 4.51. The van der Waals surface area contributed by atoms with Gasteiger partial charge >= 0.3 is 0 Å². The van der Waals surface area contributed by atoms with Crippen LogP contribution in [0.3, 0.4) is 0 Å². The van der Waals surface area contributed by atoms with E-state index in [1.807, 2.05) is 59.1 Å². The van der Waals surface area contributed by atoms with E-state index in [2.05, 4.69) is 5.10 Å². The molecule has 0 aromatic carbocycles. The van der Waals surface area contributed by atoms with Crippen LogP contribution in [0.25, 0.3) is 0 Å². The second kappa shape index (κ2) is 3.76. The molecule has 0 amide bonds. The van der Waals surface area contributed by atoms with Gasteiger partial charge in [0.05, 0.1) is 21.1 Å². The van der Waals surface area contributed by atoms with Gasteiger partial charge in [0.25, 0.3) is 5.96 Å². The van der Waals surface area contributed by atoms with E-state index in [-0.39, 0.29) is 0 Å². The van der Waals surface area contributed by atoms with E-state index in [4.69, 9.17) is 0 Å². The summed E-state index contributed by atoms with van der Waals surface area (Å²) in [4.78, 5) is 4.01. The molecule has 72 valence electrons. The first-order valence-corrected chi connectivity index (χ1v) is 4.00. The van der Waals surface area contributed by atoms with Crippen LogP contribution >= 0.6 is 0 Å². The average molecular weight is 173 g/mol. The first-order chi connectivity index (χ1) is 5.24. The van der Waals surface area contributed by atoms with Gasteiger partial charge in [-0.25, -0.2) is 4.59 Å². The molecule has 0 aliphatic rings. The minimum atomic E-state index is 0.589. The lowest BCUT2D eigenvalue weighted by Gasteiger charge is -2.25. The zero-order chi connectivity index (χ0) is 9.94. The van der Waals surface area contributed by atoms with Crippen LogP contribution in [0.1, 0.15) is 0 Å². The Balaban J connectivity index is 4.63. The fourth-order valence-corrected chi connectivity index (χ4v) is 0.847. The van der Waals surface area contributed by atoms with Crippen molar-refractivity contribution in [1.29, 1.82) is 0 Å². The Morgan fingerprint density at radius 1 is 0.917 bits per heavy atom. The Hall–Kier alpha value is -0.770. The maximum atomic E-state index is 4.51. The van der Waals surface area contributed by atoms with Crippen molar-refractivity contribution >= 4 is 5.96 Å². The molecule has 0 unspecified atom stereocenters. The van der Waals surface area contributed by atoms with Crippen LogP contribution in [0.4, 0.5) is 0 Å². The van der Waals surface area contributed by atoms with Gasteiger partial charge in [0, 0.05) is 28.2 Å². The van der Waals surface area contributed by atoms with Gasteiger partial charge in [0.1, 0.15) is 0 Å². The summed E-state index contributed by atoms with van der Waals surface area (Å²) in [7, 11) is 14.1. The van der Waals surface area contributed by atoms with Crippen LogP contribution in [0.2, 0.25) is 0 Å². The maximum absolute atomic E-state index is 4.51. The van der Waals surface area contributed by atoms with Crippen LogP contribution < -0.4 is 0 Å². The van der Waals surface area contributed by atoms with E-state index in [0.29, 0.717) is 4.59 Å². The fraction of sp³-hybridized carbons (Fsp3) is 0.875. The zero-order valence-corrected chi connectivity index (χ0v) is 9.29. The van der Waals surface area contributed by atoms with E-state index in [9.17, 15) is 0 Å². The second-order valence-electron chi connectivity index (χ2n) is 4.13. The minimum absolute atomic E-state index is 0.589. The van der Waals surface area contributed by atoms with Crippen molar-refractivity contribution in [3.63, 3.8) is 0 Å². The maximum Gasteiger partial charge on any atom is 0.254 e. The molecule has 0 aliphatic heterocycles. The molecule has 0 N–H and O–H groups in total. The molecule has 0 aromatic rings. The van der Waals surface area contributed by atoms with E-state index in [1.54, 1.807) is 0 Å². The van der Waals surface area contributed by atoms with Crippen LogP contribution in [0.15, 0.2) is 5.10 Å². The van der Waals surface area contributed by atoms with Gasteiger partial charge < -0.3 is 9.80 Å². The molecular formula is C8H21N4+. The Kier molecular flexibility index (Phi) is 3.52. The number of hydrogen-bond acceptors (Lipinski definition) is 1. The van der Waals surface area contributed by atoms with E-state index >= 15 is 0 Å². The molecular weight excluding hydrogens is 152 g/mol. The van der Waals surface area contributed by atoms with Crippen molar-refractivity contribution in [1.82, 2.24) is 9.80 Å². The van der Waals surface area contributed by atoms with Gasteiger partial charge in [-0.15, -0.1) is 0 Å². The summed E-state index contributed by atoms with van der Waals surface area (Å²) in [6.07, 6.45) is 0. The smallest absolute Gasteiger partial charge is 0.254 e. The molecule has 0 saturated carbocycles. The van der Waals surface area contributed by atoms with Gasteiger partial charge in [-0.2, -0.15) is 0 Å². The van der Waals surface area contributed by atoms with Crippen molar-refractivity contribution in [2.24, 2.45) is 5.10 Å². The molecule has 4 heteroatoms. The Bertz CT molecular complexity index is 154. The molecule has 0 bridgehead atoms. The lowest BCUT2D eigenvalue weighted by molar-refractivity contribution is -0.877. The quantitative estimate of drug-likeness (QED) is 0.242. The van der Waals surface area contributed by atoms with Crippen molar-refractivity contribution in [3.05, 3.63) is 0 Å². The predicted molar refractivity (Wildman–Crippen MR) is 52.8 cm³/mol. The van der Waals surface area contributed by atoms with Crippen molar-refractivity contribution < 1.29 is 4.59 Å². The molecule has 0 rings (SSSR count). The third-order valence-electron chi connectivity index (χ3n) is 1.19. The lowest BCUT2D eigenvalue weighted by Crippen LogP contribution is -2.40. The predicted octanol–water partition coefficient (Wildman–Crippen LogP) is 0.0868. The average Bonchev–Trinajstić information content (AvgIpc) is 1.79. The van der Waals surface area contributed by atoms with Crippen molar-refractivity contribution in [2.45, 2.75) is 0 Å². The Labute approximate surface area is 75.6 Å². The molecule has 0 aliphatic carbocycles. The molecule has 12 heavy (non-hydrogen) atoms. The Morgan fingerprint density at radius 2 is 1.25 bits per heavy atom. The largest absolute Gasteiger partial charge is 0.344 e. The Morgan fingerprint density at radius 3 is 1.33 bits per heavy atom. The lowest BCUT2D eigenvalue weighted by atomic mass is 10.7. The summed E-state index contributed by atoms with van der Waals surface area (Å²) >= 11 is 0. The van der Waals surface area contributed by atoms with E-state index < -0.39 is 0 Å². The first kappa shape index (κ1) is 11.2. The summed E-state index contributed by atoms with van der Waals surface area (Å²) in [6.45, 7) is 0. The molecule has 0 atom stereocenters. The number of hydrogen-bond donors (Lipinski definition) is 0. The first-order valence-electron chi connectivity index (χ1n) is 4.00. The molecule has 0 fully saturated rings. The van der Waals surface area contributed by atoms with E-state index in [0.717, 1.165) is 5.96 Å². The summed E-state index contributed by atoms with van der Waals surface area (Å²) in [6, 6.07) is 0. The summed E-state index contributed by atoms with van der Waals surface area (Å²) < 4.78 is 0.589. The molecule has 0 heterocycles. The number of quaternary nitrogens is 1. The molecule has 4 nitrogen and oxygen atoms in total. The van der Waals surface area contributed by atoms with Crippen molar-refractivity contribution in [2.75, 3.05) is 49.3 Å². The second-order valence-corrected chi connectivity index (χ2v) is 4.13. The van der Waals surface area contributed by atoms with Crippen molar-refractivity contribution in [3.8, 4) is 0 Å². The van der Waals surface area contributed by atoms with Gasteiger partial charge in [-0.05, 0) is 5.10 Å². The molecule has 0 saturated heterocycles. The highest BCUT2D eigenvalue weighted by Crippen LogP contribution is 1.96. The van der Waals surface area contributed by atoms with Crippen LogP contribution in [0, 0.1) is 0 Å². The van der Waals surface area contributed by atoms with Gasteiger partial charge in [0.2, 0.25) is 0 Å². The van der Waals surface area contributed by atoms with Crippen LogP contribution in [-0.2, 0) is 0 Å². The van der Waals surface area contributed by atoms with Gasteiger partial charge in [-0.1, -0.05) is 0 Å². The summed E-state index contributed by atoms with van der Waals surface area (Å²) in [5.74, 6) is 0.975. The topological polar surface area (TPSA) is 18.8 Å². The van der Waals surface area contributed by atoms with Gasteiger partial charge in [-0.3, -0.25) is 0 Å². The van der Waals surface area contributed by atoms with Crippen LogP contribution in [0.5, 0.6) is 0 Å². The highest BCUT2D eigenvalue weighted by atomic mass is 15.6. The number of nitrogens with zero attached hydrogens (tertiary/aromatic N) is 4. The monoisotopic (exact) mass is 173 g/mol. The summed E-state index contributed by atoms with van der Waals surface area (Å²) in [5.41, 5.74) is 0. The highest BCUT2D eigenvalue weighted by Gasteiger charge is 2.12. The number of rotatable bonds is 1. The van der Waals surface area contributed by atoms with Gasteiger partial charge in [0.15, 0.2) is 0 Å². The minimum Gasteiger partial charge on any atom is -0.344 e. The van der Waals surface area contributed by atoms with Crippen LogP contribution in [-0.4, -0.2) is 69.7 Å². The molecule has 0 aromatic heterocycles. The number of guanidine groups is 1. The normalized spacial score (nSPS) is 10.9. The zero-order valence-electron chi connectivity index (χ0n) is 9.29. The fourth-order valence-electron chi connectivity index (χ4n) is 0.847. The highest BCUT2D eigenvalue weighted by molar-refractivity contribution is 5.78.